The van der Waals surface area contributed by atoms with Crippen molar-refractivity contribution in [1.82, 2.24) is 21.0 Å². The maximum atomic E-state index is 11.7. The van der Waals surface area contributed by atoms with Gasteiger partial charge in [-0.3, -0.25) is 14.8 Å². The molecule has 1 heterocycles. The Kier molecular flexibility index (Phi) is 4.17. The Hall–Kier alpha value is -1.49. The molecular formula is C12H19N4O. The zero-order chi connectivity index (χ0) is 13.1. The average Bonchev–Trinajstić information content (AvgIpc) is 2.25. The molecule has 1 amide bonds. The van der Waals surface area contributed by atoms with Crippen molar-refractivity contribution < 1.29 is 4.79 Å². The molecule has 1 aromatic rings. The highest BCUT2D eigenvalue weighted by Crippen LogP contribution is 2.18. The van der Waals surface area contributed by atoms with Gasteiger partial charge in [0.05, 0.1) is 24.1 Å². The van der Waals surface area contributed by atoms with Crippen molar-refractivity contribution in [3.8, 4) is 0 Å². The average molecular weight is 235 g/mol. The van der Waals surface area contributed by atoms with Crippen molar-refractivity contribution >= 4 is 5.91 Å². The molecule has 1 atom stereocenters. The number of hydrogen-bond donors (Lipinski definition) is 1. The highest BCUT2D eigenvalue weighted by atomic mass is 16.2. The van der Waals surface area contributed by atoms with Gasteiger partial charge in [-0.1, -0.05) is 20.8 Å². The maximum Gasteiger partial charge on any atom is 0.239 e. The summed E-state index contributed by atoms with van der Waals surface area (Å²) in [5.74, 6) is -0.278. The summed E-state index contributed by atoms with van der Waals surface area (Å²) in [5.41, 5.74) is 8.96. The van der Waals surface area contributed by atoms with Crippen LogP contribution in [0.5, 0.6) is 0 Å². The molecule has 17 heavy (non-hydrogen) atoms. The van der Waals surface area contributed by atoms with E-state index in [2.05, 4.69) is 15.3 Å². The van der Waals surface area contributed by atoms with Gasteiger partial charge in [-0.2, -0.15) is 0 Å². The van der Waals surface area contributed by atoms with Crippen molar-refractivity contribution in [2.45, 2.75) is 40.3 Å². The number of aromatic nitrogens is 2. The first-order valence-electron chi connectivity index (χ1n) is 5.57. The van der Waals surface area contributed by atoms with E-state index in [0.29, 0.717) is 12.2 Å². The SMILES string of the molecule is Cc1cnc(CNC(=O)C([NH])C(C)(C)C)cn1. The van der Waals surface area contributed by atoms with Crippen LogP contribution in [0.25, 0.3) is 0 Å². The quantitative estimate of drug-likeness (QED) is 0.852. The van der Waals surface area contributed by atoms with Gasteiger partial charge in [0.1, 0.15) is 6.04 Å². The van der Waals surface area contributed by atoms with Crippen LogP contribution in [0, 0.1) is 12.3 Å². The van der Waals surface area contributed by atoms with E-state index in [1.165, 1.54) is 0 Å². The van der Waals surface area contributed by atoms with Crippen molar-refractivity contribution in [2.24, 2.45) is 5.41 Å². The Morgan fingerprint density at radius 3 is 2.53 bits per heavy atom. The molecule has 5 heteroatoms. The number of carbonyl (C=O) groups is 1. The predicted molar refractivity (Wildman–Crippen MR) is 65.0 cm³/mol. The van der Waals surface area contributed by atoms with Crippen LogP contribution in [-0.4, -0.2) is 21.9 Å². The van der Waals surface area contributed by atoms with E-state index in [4.69, 9.17) is 5.73 Å². The second-order valence-corrected chi connectivity index (χ2v) is 5.17. The van der Waals surface area contributed by atoms with Gasteiger partial charge in [-0.05, 0) is 12.3 Å². The Labute approximate surface area is 102 Å². The Balaban J connectivity index is 2.51. The lowest BCUT2D eigenvalue weighted by molar-refractivity contribution is -0.124. The molecule has 0 spiro atoms. The Bertz CT molecular complexity index is 380. The van der Waals surface area contributed by atoms with Crippen LogP contribution in [0.1, 0.15) is 32.2 Å². The fourth-order valence-corrected chi connectivity index (χ4v) is 1.18. The molecule has 0 saturated carbocycles. The second kappa shape index (κ2) is 5.23. The van der Waals surface area contributed by atoms with Gasteiger partial charge in [0.2, 0.25) is 5.91 Å². The Morgan fingerprint density at radius 2 is 2.06 bits per heavy atom. The number of aryl methyl sites for hydroxylation is 1. The molecule has 0 aliphatic carbocycles. The van der Waals surface area contributed by atoms with E-state index < -0.39 is 6.04 Å². The fourth-order valence-electron chi connectivity index (χ4n) is 1.18. The number of nitrogens with one attached hydrogen (secondary N) is 2. The van der Waals surface area contributed by atoms with Crippen LogP contribution in [0.3, 0.4) is 0 Å². The largest absolute Gasteiger partial charge is 0.349 e. The number of hydrogen-bond acceptors (Lipinski definition) is 3. The summed E-state index contributed by atoms with van der Waals surface area (Å²) in [6, 6.07) is -0.777. The minimum atomic E-state index is -0.777. The van der Waals surface area contributed by atoms with Crippen LogP contribution >= 0.6 is 0 Å². The lowest BCUT2D eigenvalue weighted by atomic mass is 9.87. The van der Waals surface area contributed by atoms with Crippen LogP contribution < -0.4 is 11.1 Å². The summed E-state index contributed by atoms with van der Waals surface area (Å²) in [7, 11) is 0. The molecule has 0 aliphatic rings. The highest BCUT2D eigenvalue weighted by molar-refractivity contribution is 5.82. The third-order valence-corrected chi connectivity index (χ3v) is 2.41. The molecule has 0 saturated heterocycles. The molecule has 0 aromatic carbocycles. The molecular weight excluding hydrogens is 216 g/mol. The van der Waals surface area contributed by atoms with Gasteiger partial charge in [0.15, 0.2) is 0 Å². The minimum absolute atomic E-state index is 0.278. The van der Waals surface area contributed by atoms with Crippen molar-refractivity contribution in [1.29, 1.82) is 0 Å². The third-order valence-electron chi connectivity index (χ3n) is 2.41. The first-order chi connectivity index (χ1) is 7.80. The second-order valence-electron chi connectivity index (χ2n) is 5.17. The first-order valence-corrected chi connectivity index (χ1v) is 5.57. The van der Waals surface area contributed by atoms with Crippen LogP contribution in [0.15, 0.2) is 12.4 Å². The molecule has 0 aliphatic heterocycles. The van der Waals surface area contributed by atoms with Gasteiger partial charge in [-0.15, -0.1) is 0 Å². The summed E-state index contributed by atoms with van der Waals surface area (Å²) in [6.45, 7) is 7.79. The van der Waals surface area contributed by atoms with E-state index >= 15 is 0 Å². The number of amides is 1. The zero-order valence-corrected chi connectivity index (χ0v) is 10.7. The van der Waals surface area contributed by atoms with Crippen LogP contribution in [-0.2, 0) is 11.3 Å². The zero-order valence-electron chi connectivity index (χ0n) is 10.7. The van der Waals surface area contributed by atoms with Crippen LogP contribution in [0.4, 0.5) is 0 Å². The summed E-state index contributed by atoms with van der Waals surface area (Å²) in [5, 5.41) is 2.70. The Morgan fingerprint density at radius 1 is 1.41 bits per heavy atom. The molecule has 0 fully saturated rings. The molecule has 1 radical (unpaired) electrons. The van der Waals surface area contributed by atoms with Crippen LogP contribution in [0.2, 0.25) is 0 Å². The third kappa shape index (κ3) is 4.11. The standard InChI is InChI=1S/C12H19N4O/c1-8-5-15-9(6-14-8)7-16-11(17)10(13)12(2,3)4/h5-6,10,13H,7H2,1-4H3,(H,16,17). The van der Waals surface area contributed by atoms with E-state index in [1.54, 1.807) is 12.4 Å². The summed E-state index contributed by atoms with van der Waals surface area (Å²) < 4.78 is 0. The summed E-state index contributed by atoms with van der Waals surface area (Å²) >= 11 is 0. The normalized spacial score (nSPS) is 13.2. The topological polar surface area (TPSA) is 78.7 Å². The fraction of sp³-hybridized carbons (Fsp3) is 0.583. The van der Waals surface area contributed by atoms with E-state index in [9.17, 15) is 4.79 Å². The highest BCUT2D eigenvalue weighted by Gasteiger charge is 2.27. The molecule has 5 nitrogen and oxygen atoms in total. The number of nitrogens with zero attached hydrogens (tertiary/aromatic N) is 2. The van der Waals surface area contributed by atoms with E-state index in [0.717, 1.165) is 5.69 Å². The molecule has 2 N–H and O–H groups in total. The van der Waals surface area contributed by atoms with E-state index in [-0.39, 0.29) is 11.3 Å². The maximum absolute atomic E-state index is 11.7. The smallest absolute Gasteiger partial charge is 0.239 e. The molecule has 1 rings (SSSR count). The number of carbonyl (C=O) groups excluding carboxylic acids is 1. The summed E-state index contributed by atoms with van der Waals surface area (Å²) in [4.78, 5) is 19.9. The molecule has 93 valence electrons. The predicted octanol–water partition coefficient (Wildman–Crippen LogP) is 1.10. The van der Waals surface area contributed by atoms with Crippen molar-refractivity contribution in [3.05, 3.63) is 23.8 Å². The van der Waals surface area contributed by atoms with Gasteiger partial charge in [0, 0.05) is 6.20 Å². The molecule has 1 aromatic heterocycles. The minimum Gasteiger partial charge on any atom is -0.349 e. The van der Waals surface area contributed by atoms with Crippen molar-refractivity contribution in [3.63, 3.8) is 0 Å². The van der Waals surface area contributed by atoms with Crippen molar-refractivity contribution in [2.75, 3.05) is 0 Å². The lowest BCUT2D eigenvalue weighted by Crippen LogP contribution is -2.43. The van der Waals surface area contributed by atoms with Gasteiger partial charge in [-0.25, -0.2) is 5.73 Å². The molecule has 0 bridgehead atoms. The van der Waals surface area contributed by atoms with E-state index in [1.807, 2.05) is 27.7 Å². The van der Waals surface area contributed by atoms with Gasteiger partial charge >= 0.3 is 0 Å². The first kappa shape index (κ1) is 13.6. The van der Waals surface area contributed by atoms with Gasteiger partial charge in [0.25, 0.3) is 0 Å². The van der Waals surface area contributed by atoms with Gasteiger partial charge < -0.3 is 5.32 Å². The summed E-state index contributed by atoms with van der Waals surface area (Å²) in [6.07, 6.45) is 3.29. The molecule has 1 unspecified atom stereocenters. The number of rotatable bonds is 3. The monoisotopic (exact) mass is 235 g/mol. The lowest BCUT2D eigenvalue weighted by Gasteiger charge is -2.24.